The number of para-hydroxylation sites is 2. The highest BCUT2D eigenvalue weighted by molar-refractivity contribution is 5.86. The molecule has 0 bridgehead atoms. The summed E-state index contributed by atoms with van der Waals surface area (Å²) >= 11 is 0. The summed E-state index contributed by atoms with van der Waals surface area (Å²) in [6, 6.07) is 13.7. The molecule has 26 heavy (non-hydrogen) atoms. The third-order valence-electron chi connectivity index (χ3n) is 4.98. The van der Waals surface area contributed by atoms with E-state index in [2.05, 4.69) is 4.98 Å². The number of nitro groups is 1. The summed E-state index contributed by atoms with van der Waals surface area (Å²) in [5.74, 6) is -0.329. The zero-order chi connectivity index (χ0) is 18.3. The lowest BCUT2D eigenvalue weighted by molar-refractivity contribution is -0.713. The van der Waals surface area contributed by atoms with Crippen LogP contribution in [0.2, 0.25) is 0 Å². The molecule has 0 aliphatic carbocycles. The number of nitrogens with zero attached hydrogens (tertiary/aromatic N) is 1. The number of fused-ring (bicyclic) bond motifs is 3. The second-order valence-electron chi connectivity index (χ2n) is 6.38. The number of nitrogens with two attached hydrogens (primary N) is 1. The molecule has 2 aromatic carbocycles. The maximum absolute atomic E-state index is 12.2. The van der Waals surface area contributed by atoms with Crippen LogP contribution in [0.4, 0.5) is 5.69 Å². The number of aromatic nitrogens is 1. The van der Waals surface area contributed by atoms with Gasteiger partial charge in [-0.05, 0) is 17.7 Å². The smallest absolute Gasteiger partial charge is 0.364 e. The van der Waals surface area contributed by atoms with Crippen LogP contribution in [-0.2, 0) is 16.0 Å². The molecule has 1 aliphatic heterocycles. The van der Waals surface area contributed by atoms with Gasteiger partial charge >= 0.3 is 5.97 Å². The molecule has 0 saturated carbocycles. The number of methoxy groups -OCH3 is 1. The average Bonchev–Trinajstić information content (AvgIpc) is 3.05. The molecular weight excluding hydrogens is 334 g/mol. The van der Waals surface area contributed by atoms with Gasteiger partial charge in [0.05, 0.1) is 23.3 Å². The van der Waals surface area contributed by atoms with Crippen LogP contribution >= 0.6 is 0 Å². The third-order valence-corrected chi connectivity index (χ3v) is 4.98. The second-order valence-corrected chi connectivity index (χ2v) is 6.38. The second kappa shape index (κ2) is 6.27. The van der Waals surface area contributed by atoms with Crippen molar-refractivity contribution in [3.8, 4) is 0 Å². The van der Waals surface area contributed by atoms with Crippen molar-refractivity contribution >= 4 is 22.6 Å². The summed E-state index contributed by atoms with van der Waals surface area (Å²) in [6.45, 7) is 0. The normalized spacial score (nSPS) is 19.1. The van der Waals surface area contributed by atoms with Gasteiger partial charge in [-0.2, -0.15) is 0 Å². The molecule has 3 N–H and O–H groups in total. The number of rotatable bonds is 3. The molecule has 2 heterocycles. The number of carbonyl (C=O) groups excluding carboxylic acids is 1. The Morgan fingerprint density at radius 3 is 2.73 bits per heavy atom. The SMILES string of the molecule is COC(=O)[C@@H]1Cc2c([nH]c3ccccc23)[C@H](c2ccccc2[N+](=O)[O-])[NH2+]1. The van der Waals surface area contributed by atoms with Crippen LogP contribution in [0.1, 0.15) is 22.9 Å². The van der Waals surface area contributed by atoms with Gasteiger partial charge in [-0.15, -0.1) is 0 Å². The summed E-state index contributed by atoms with van der Waals surface area (Å²) in [5.41, 5.74) is 3.49. The first-order chi connectivity index (χ1) is 12.6. The van der Waals surface area contributed by atoms with Crippen LogP contribution in [0.15, 0.2) is 48.5 Å². The Bertz CT molecular complexity index is 1010. The zero-order valence-electron chi connectivity index (χ0n) is 14.1. The summed E-state index contributed by atoms with van der Waals surface area (Å²) < 4.78 is 4.94. The number of quaternary nitrogens is 1. The largest absolute Gasteiger partial charge is 0.465 e. The monoisotopic (exact) mass is 352 g/mol. The van der Waals surface area contributed by atoms with E-state index in [9.17, 15) is 14.9 Å². The van der Waals surface area contributed by atoms with Crippen LogP contribution in [0.5, 0.6) is 0 Å². The molecule has 1 aromatic heterocycles. The highest BCUT2D eigenvalue weighted by Crippen LogP contribution is 2.35. The molecule has 0 fully saturated rings. The highest BCUT2D eigenvalue weighted by atomic mass is 16.6. The van der Waals surface area contributed by atoms with Crippen LogP contribution in [0.25, 0.3) is 10.9 Å². The van der Waals surface area contributed by atoms with Gasteiger partial charge < -0.3 is 15.0 Å². The fourth-order valence-corrected chi connectivity index (χ4v) is 3.81. The van der Waals surface area contributed by atoms with Crippen molar-refractivity contribution in [1.82, 2.24) is 4.98 Å². The van der Waals surface area contributed by atoms with Gasteiger partial charge in [0.1, 0.15) is 0 Å². The highest BCUT2D eigenvalue weighted by Gasteiger charge is 2.40. The van der Waals surface area contributed by atoms with Gasteiger partial charge in [0.25, 0.3) is 5.69 Å². The lowest BCUT2D eigenvalue weighted by Gasteiger charge is -2.26. The van der Waals surface area contributed by atoms with Gasteiger partial charge in [0.2, 0.25) is 0 Å². The van der Waals surface area contributed by atoms with Gasteiger partial charge in [-0.3, -0.25) is 10.1 Å². The molecule has 0 amide bonds. The maximum atomic E-state index is 12.2. The molecule has 7 heteroatoms. The fourth-order valence-electron chi connectivity index (χ4n) is 3.81. The van der Waals surface area contributed by atoms with E-state index in [0.29, 0.717) is 12.0 Å². The Morgan fingerprint density at radius 2 is 1.96 bits per heavy atom. The van der Waals surface area contributed by atoms with E-state index in [0.717, 1.165) is 22.2 Å². The van der Waals surface area contributed by atoms with Crippen molar-refractivity contribution in [3.63, 3.8) is 0 Å². The molecule has 3 aromatic rings. The molecule has 1 aliphatic rings. The molecular formula is C19H18N3O4+. The van der Waals surface area contributed by atoms with Crippen LogP contribution in [0, 0.1) is 10.1 Å². The van der Waals surface area contributed by atoms with Crippen molar-refractivity contribution in [2.24, 2.45) is 0 Å². The molecule has 7 nitrogen and oxygen atoms in total. The topological polar surface area (TPSA) is 102 Å². The van der Waals surface area contributed by atoms with Gasteiger partial charge in [-0.1, -0.05) is 30.3 Å². The molecule has 0 spiro atoms. The van der Waals surface area contributed by atoms with Crippen molar-refractivity contribution < 1.29 is 19.8 Å². The van der Waals surface area contributed by atoms with E-state index < -0.39 is 6.04 Å². The minimum Gasteiger partial charge on any atom is -0.465 e. The minimum atomic E-state index is -0.448. The molecule has 2 atom stereocenters. The zero-order valence-corrected chi connectivity index (χ0v) is 14.1. The first-order valence-corrected chi connectivity index (χ1v) is 8.35. The van der Waals surface area contributed by atoms with Crippen LogP contribution in [-0.4, -0.2) is 29.0 Å². The standard InChI is InChI=1S/C19H17N3O4/c1-26-19(23)15-10-13-11-6-2-4-8-14(11)20-18(13)17(21-15)12-7-3-5-9-16(12)22(24)25/h2-9,15,17,20-21H,10H2,1H3/p+1/t15-,17-/m0/s1. The number of nitrogens with one attached hydrogen (secondary N) is 1. The van der Waals surface area contributed by atoms with Gasteiger partial charge in [0.15, 0.2) is 12.1 Å². The maximum Gasteiger partial charge on any atom is 0.364 e. The van der Waals surface area contributed by atoms with E-state index in [1.807, 2.05) is 29.6 Å². The number of H-pyrrole nitrogens is 1. The lowest BCUT2D eigenvalue weighted by Crippen LogP contribution is -2.94. The molecule has 0 saturated heterocycles. The number of hydrogen-bond acceptors (Lipinski definition) is 4. The Labute approximate surface area is 149 Å². The number of benzene rings is 2. The average molecular weight is 352 g/mol. The van der Waals surface area contributed by atoms with Gasteiger partial charge in [0, 0.05) is 23.4 Å². The number of hydrogen-bond donors (Lipinski definition) is 2. The van der Waals surface area contributed by atoms with E-state index >= 15 is 0 Å². The first kappa shape index (κ1) is 16.3. The summed E-state index contributed by atoms with van der Waals surface area (Å²) in [7, 11) is 1.36. The van der Waals surface area contributed by atoms with E-state index in [-0.39, 0.29) is 22.6 Å². The quantitative estimate of drug-likeness (QED) is 0.426. The summed E-state index contributed by atoms with van der Waals surface area (Å²) in [4.78, 5) is 26.8. The van der Waals surface area contributed by atoms with E-state index in [1.165, 1.54) is 13.2 Å². The fraction of sp³-hybridized carbons (Fsp3) is 0.211. The number of carbonyl (C=O) groups is 1. The van der Waals surface area contributed by atoms with Gasteiger partial charge in [-0.25, -0.2) is 4.79 Å². The molecule has 132 valence electrons. The molecule has 0 radical (unpaired) electrons. The van der Waals surface area contributed by atoms with Crippen LogP contribution in [0.3, 0.4) is 0 Å². The Kier molecular flexibility index (Phi) is 3.93. The predicted molar refractivity (Wildman–Crippen MR) is 94.7 cm³/mol. The van der Waals surface area contributed by atoms with Crippen molar-refractivity contribution in [2.45, 2.75) is 18.5 Å². The number of aromatic amines is 1. The summed E-state index contributed by atoms with van der Waals surface area (Å²) in [5, 5.41) is 14.4. The predicted octanol–water partition coefficient (Wildman–Crippen LogP) is 1.83. The summed E-state index contributed by atoms with van der Waals surface area (Å²) in [6.07, 6.45) is 0.517. The third kappa shape index (κ3) is 2.53. The minimum absolute atomic E-state index is 0.0453. The Morgan fingerprint density at radius 1 is 1.23 bits per heavy atom. The number of nitro benzene ring substituents is 1. The van der Waals surface area contributed by atoms with Crippen molar-refractivity contribution in [1.29, 1.82) is 0 Å². The first-order valence-electron chi connectivity index (χ1n) is 8.35. The molecule has 0 unspecified atom stereocenters. The number of ether oxygens (including phenoxy) is 1. The Balaban J connectivity index is 1.92. The Hall–Kier alpha value is -3.19. The molecule has 4 rings (SSSR count). The van der Waals surface area contributed by atoms with Crippen molar-refractivity contribution in [3.05, 3.63) is 75.5 Å². The van der Waals surface area contributed by atoms with E-state index in [1.54, 1.807) is 18.2 Å². The van der Waals surface area contributed by atoms with Crippen LogP contribution < -0.4 is 5.32 Å². The number of esters is 1. The van der Waals surface area contributed by atoms with Crippen molar-refractivity contribution in [2.75, 3.05) is 7.11 Å². The lowest BCUT2D eigenvalue weighted by atomic mass is 9.89. The van der Waals surface area contributed by atoms with E-state index in [4.69, 9.17) is 4.74 Å².